The minimum Gasteiger partial charge on any atom is -0.459 e. The van der Waals surface area contributed by atoms with Crippen LogP contribution in [0.5, 0.6) is 0 Å². The lowest BCUT2D eigenvalue weighted by atomic mass is 10.1. The van der Waals surface area contributed by atoms with Crippen molar-refractivity contribution in [1.82, 2.24) is 9.80 Å². The van der Waals surface area contributed by atoms with Gasteiger partial charge in [-0.25, -0.2) is 0 Å². The average Bonchev–Trinajstić information content (AvgIpc) is 3.22. The first kappa shape index (κ1) is 18.2. The molecule has 1 aromatic heterocycles. The van der Waals surface area contributed by atoms with Crippen molar-refractivity contribution in [3.8, 4) is 0 Å². The Morgan fingerprint density at radius 2 is 1.81 bits per heavy atom. The third-order valence-electron chi connectivity index (χ3n) is 4.89. The van der Waals surface area contributed by atoms with Crippen LogP contribution in [-0.2, 0) is 11.2 Å². The van der Waals surface area contributed by atoms with E-state index in [9.17, 15) is 9.59 Å². The summed E-state index contributed by atoms with van der Waals surface area (Å²) in [7, 11) is 0. The smallest absolute Gasteiger partial charge is 0.289 e. The molecule has 26 heavy (non-hydrogen) atoms. The molecular weight excluding hydrogens is 330 g/mol. The first-order chi connectivity index (χ1) is 12.6. The molecule has 1 saturated heterocycles. The second kappa shape index (κ2) is 8.19. The number of furan rings is 1. The van der Waals surface area contributed by atoms with Crippen LogP contribution >= 0.6 is 0 Å². The van der Waals surface area contributed by atoms with Gasteiger partial charge in [0.15, 0.2) is 5.76 Å². The fraction of sp³-hybridized carbons (Fsp3) is 0.400. The molecule has 138 valence electrons. The zero-order valence-corrected chi connectivity index (χ0v) is 15.3. The molecule has 1 unspecified atom stereocenters. The quantitative estimate of drug-likeness (QED) is 0.895. The van der Waals surface area contributed by atoms with Gasteiger partial charge >= 0.3 is 0 Å². The molecule has 2 heterocycles. The van der Waals surface area contributed by atoms with Crippen LogP contribution in [0.25, 0.3) is 0 Å². The number of carbonyl (C=O) groups excluding carboxylic acids is 2. The van der Waals surface area contributed by atoms with Crippen LogP contribution in [-0.4, -0.2) is 53.8 Å². The Balaban J connectivity index is 1.51. The van der Waals surface area contributed by atoms with Crippen molar-refractivity contribution >= 4 is 17.5 Å². The lowest BCUT2D eigenvalue weighted by Gasteiger charge is -2.37. The zero-order valence-electron chi connectivity index (χ0n) is 15.3. The minimum atomic E-state index is -0.248. The molecule has 0 saturated carbocycles. The highest BCUT2D eigenvalue weighted by atomic mass is 16.3. The molecule has 1 aliphatic heterocycles. The van der Waals surface area contributed by atoms with Crippen LogP contribution in [0.1, 0.15) is 30.0 Å². The molecule has 1 atom stereocenters. The monoisotopic (exact) mass is 355 g/mol. The maximum absolute atomic E-state index is 12.5. The summed E-state index contributed by atoms with van der Waals surface area (Å²) >= 11 is 0. The highest BCUT2D eigenvalue weighted by Gasteiger charge is 2.28. The first-order valence-electron chi connectivity index (χ1n) is 9.05. The van der Waals surface area contributed by atoms with Crippen molar-refractivity contribution < 1.29 is 14.0 Å². The summed E-state index contributed by atoms with van der Waals surface area (Å²) in [6, 6.07) is 11.1. The van der Waals surface area contributed by atoms with Gasteiger partial charge in [0.25, 0.3) is 5.91 Å². The van der Waals surface area contributed by atoms with Gasteiger partial charge in [0, 0.05) is 31.9 Å². The maximum atomic E-state index is 12.5. The fourth-order valence-corrected chi connectivity index (χ4v) is 3.10. The molecule has 0 aliphatic carbocycles. The lowest BCUT2D eigenvalue weighted by Crippen LogP contribution is -2.54. The summed E-state index contributed by atoms with van der Waals surface area (Å²) in [6.07, 6.45) is 2.48. The molecule has 3 rings (SSSR count). The standard InChI is InChI=1S/C20H25N3O3/c1-3-16-6-8-17(9-7-16)21-19(24)15(2)22-10-12-23(13-11-22)20(25)18-5-4-14-26-18/h4-9,14-15H,3,10-13H2,1-2H3,(H,21,24). The molecule has 6 heteroatoms. The van der Waals surface area contributed by atoms with Crippen molar-refractivity contribution in [2.24, 2.45) is 0 Å². The van der Waals surface area contributed by atoms with Crippen LogP contribution in [0.2, 0.25) is 0 Å². The average molecular weight is 355 g/mol. The Hall–Kier alpha value is -2.60. The van der Waals surface area contributed by atoms with E-state index in [1.807, 2.05) is 31.2 Å². The van der Waals surface area contributed by atoms with E-state index in [-0.39, 0.29) is 17.9 Å². The van der Waals surface area contributed by atoms with Crippen LogP contribution in [0, 0.1) is 0 Å². The zero-order chi connectivity index (χ0) is 18.5. The topological polar surface area (TPSA) is 65.8 Å². The molecule has 1 aliphatic rings. The highest BCUT2D eigenvalue weighted by molar-refractivity contribution is 5.94. The predicted molar refractivity (Wildman–Crippen MR) is 100 cm³/mol. The molecule has 2 amide bonds. The summed E-state index contributed by atoms with van der Waals surface area (Å²) in [5.41, 5.74) is 2.05. The van der Waals surface area contributed by atoms with Crippen LogP contribution in [0.4, 0.5) is 5.69 Å². The van der Waals surface area contributed by atoms with Crippen molar-refractivity contribution in [2.75, 3.05) is 31.5 Å². The number of hydrogen-bond acceptors (Lipinski definition) is 4. The number of piperazine rings is 1. The van der Waals surface area contributed by atoms with E-state index in [0.717, 1.165) is 12.1 Å². The van der Waals surface area contributed by atoms with Crippen molar-refractivity contribution in [2.45, 2.75) is 26.3 Å². The van der Waals surface area contributed by atoms with Crippen molar-refractivity contribution in [1.29, 1.82) is 0 Å². The number of nitrogens with zero attached hydrogens (tertiary/aromatic N) is 2. The molecule has 0 bridgehead atoms. The second-order valence-electron chi connectivity index (χ2n) is 6.52. The molecule has 1 fully saturated rings. The molecule has 0 radical (unpaired) electrons. The van der Waals surface area contributed by atoms with Gasteiger partial charge < -0.3 is 14.6 Å². The fourth-order valence-electron chi connectivity index (χ4n) is 3.10. The number of benzene rings is 1. The van der Waals surface area contributed by atoms with E-state index in [1.54, 1.807) is 17.0 Å². The maximum Gasteiger partial charge on any atom is 0.289 e. The van der Waals surface area contributed by atoms with E-state index in [1.165, 1.54) is 11.8 Å². The molecular formula is C20H25N3O3. The molecule has 1 N–H and O–H groups in total. The van der Waals surface area contributed by atoms with E-state index in [0.29, 0.717) is 31.9 Å². The summed E-state index contributed by atoms with van der Waals surface area (Å²) < 4.78 is 5.17. The van der Waals surface area contributed by atoms with Gasteiger partial charge in [-0.2, -0.15) is 0 Å². The molecule has 6 nitrogen and oxygen atoms in total. The normalized spacial score (nSPS) is 16.3. The SMILES string of the molecule is CCc1ccc(NC(=O)C(C)N2CCN(C(=O)c3ccco3)CC2)cc1. The Morgan fingerprint density at radius 1 is 1.12 bits per heavy atom. The van der Waals surface area contributed by atoms with Gasteiger partial charge in [-0.3, -0.25) is 14.5 Å². The van der Waals surface area contributed by atoms with Gasteiger partial charge in [0.1, 0.15) is 0 Å². The Bertz CT molecular complexity index is 732. The van der Waals surface area contributed by atoms with Crippen LogP contribution in [0.15, 0.2) is 47.1 Å². The van der Waals surface area contributed by atoms with Crippen molar-refractivity contribution in [3.63, 3.8) is 0 Å². The third kappa shape index (κ3) is 4.14. The molecule has 1 aromatic carbocycles. The van der Waals surface area contributed by atoms with E-state index in [4.69, 9.17) is 4.42 Å². The van der Waals surface area contributed by atoms with Gasteiger partial charge in [-0.1, -0.05) is 19.1 Å². The summed E-state index contributed by atoms with van der Waals surface area (Å²) in [5.74, 6) is 0.239. The number of rotatable bonds is 5. The Labute approximate surface area is 153 Å². The minimum absolute atomic E-state index is 0.0277. The predicted octanol–water partition coefficient (Wildman–Crippen LogP) is 2.63. The lowest BCUT2D eigenvalue weighted by molar-refractivity contribution is -0.121. The van der Waals surface area contributed by atoms with Gasteiger partial charge in [0.2, 0.25) is 5.91 Å². The van der Waals surface area contributed by atoms with Crippen molar-refractivity contribution in [3.05, 3.63) is 54.0 Å². The highest BCUT2D eigenvalue weighted by Crippen LogP contribution is 2.14. The van der Waals surface area contributed by atoms with Crippen LogP contribution in [0.3, 0.4) is 0 Å². The first-order valence-corrected chi connectivity index (χ1v) is 9.05. The van der Waals surface area contributed by atoms with Gasteiger partial charge in [-0.05, 0) is 43.2 Å². The third-order valence-corrected chi connectivity index (χ3v) is 4.89. The van der Waals surface area contributed by atoms with E-state index in [2.05, 4.69) is 17.1 Å². The Morgan fingerprint density at radius 3 is 2.38 bits per heavy atom. The van der Waals surface area contributed by atoms with Gasteiger partial charge in [0.05, 0.1) is 12.3 Å². The summed E-state index contributed by atoms with van der Waals surface area (Å²) in [4.78, 5) is 28.7. The number of amides is 2. The summed E-state index contributed by atoms with van der Waals surface area (Å²) in [5, 5.41) is 2.97. The molecule has 0 spiro atoms. The number of anilines is 1. The number of aryl methyl sites for hydroxylation is 1. The van der Waals surface area contributed by atoms with E-state index >= 15 is 0 Å². The molecule has 2 aromatic rings. The number of carbonyl (C=O) groups is 2. The second-order valence-corrected chi connectivity index (χ2v) is 6.52. The number of hydrogen-bond donors (Lipinski definition) is 1. The number of nitrogens with one attached hydrogen (secondary N) is 1. The Kier molecular flexibility index (Phi) is 5.73. The van der Waals surface area contributed by atoms with E-state index < -0.39 is 0 Å². The van der Waals surface area contributed by atoms with Crippen LogP contribution < -0.4 is 5.32 Å². The van der Waals surface area contributed by atoms with Gasteiger partial charge in [-0.15, -0.1) is 0 Å². The summed E-state index contributed by atoms with van der Waals surface area (Å²) in [6.45, 7) is 6.50. The largest absolute Gasteiger partial charge is 0.459 e.